The third-order valence-electron chi connectivity index (χ3n) is 4.53. The van der Waals surface area contributed by atoms with E-state index >= 15 is 0 Å². The average Bonchev–Trinajstić information content (AvgIpc) is 3.07. The van der Waals surface area contributed by atoms with Gasteiger partial charge in [0, 0.05) is 32.0 Å². The van der Waals surface area contributed by atoms with E-state index in [0.29, 0.717) is 24.8 Å². The van der Waals surface area contributed by atoms with Crippen LogP contribution in [0.5, 0.6) is 0 Å². The minimum Gasteiger partial charge on any atom is -0.356 e. The summed E-state index contributed by atoms with van der Waals surface area (Å²) in [5, 5.41) is 2.69. The number of hydrogen-bond acceptors (Lipinski definition) is 6. The van der Waals surface area contributed by atoms with E-state index in [1.54, 1.807) is 6.07 Å². The number of rotatable bonds is 3. The van der Waals surface area contributed by atoms with Gasteiger partial charge in [0.25, 0.3) is 0 Å². The Morgan fingerprint density at radius 2 is 1.72 bits per heavy atom. The Kier molecular flexibility index (Phi) is 4.22. The van der Waals surface area contributed by atoms with Crippen LogP contribution in [-0.2, 0) is 9.47 Å². The van der Waals surface area contributed by atoms with Crippen molar-refractivity contribution in [3.63, 3.8) is 0 Å². The van der Waals surface area contributed by atoms with Crippen LogP contribution in [0.3, 0.4) is 0 Å². The molecule has 1 N–H and O–H groups in total. The van der Waals surface area contributed by atoms with Crippen molar-refractivity contribution in [1.82, 2.24) is 9.97 Å². The molecule has 3 heterocycles. The number of halogens is 2. The van der Waals surface area contributed by atoms with E-state index in [-0.39, 0.29) is 5.69 Å². The highest BCUT2D eigenvalue weighted by atomic mass is 19.1. The summed E-state index contributed by atoms with van der Waals surface area (Å²) >= 11 is 0. The lowest BCUT2D eigenvalue weighted by molar-refractivity contribution is -0.169. The quantitative estimate of drug-likeness (QED) is 0.920. The summed E-state index contributed by atoms with van der Waals surface area (Å²) in [6, 6.07) is 5.39. The fourth-order valence-corrected chi connectivity index (χ4v) is 3.20. The summed E-state index contributed by atoms with van der Waals surface area (Å²) < 4.78 is 39.0. The second kappa shape index (κ2) is 6.53. The van der Waals surface area contributed by atoms with Crippen molar-refractivity contribution in [2.45, 2.75) is 18.6 Å². The number of hydrogen-bond donors (Lipinski definition) is 1. The minimum absolute atomic E-state index is 0.225. The first kappa shape index (κ1) is 16.2. The normalized spacial score (nSPS) is 19.4. The molecule has 0 saturated carbocycles. The lowest BCUT2D eigenvalue weighted by Gasteiger charge is -2.38. The van der Waals surface area contributed by atoms with Crippen LogP contribution >= 0.6 is 0 Å². The first-order valence-electron chi connectivity index (χ1n) is 8.21. The van der Waals surface area contributed by atoms with Gasteiger partial charge in [0.05, 0.1) is 13.2 Å². The van der Waals surface area contributed by atoms with E-state index < -0.39 is 17.4 Å². The van der Waals surface area contributed by atoms with Crippen LogP contribution in [0.15, 0.2) is 30.6 Å². The summed E-state index contributed by atoms with van der Waals surface area (Å²) in [4.78, 5) is 10.4. The molecule has 2 aromatic rings. The second-order valence-electron chi connectivity index (χ2n) is 6.08. The first-order chi connectivity index (χ1) is 12.2. The van der Waals surface area contributed by atoms with Gasteiger partial charge in [-0.2, -0.15) is 0 Å². The molecule has 1 aromatic heterocycles. The van der Waals surface area contributed by atoms with Gasteiger partial charge >= 0.3 is 0 Å². The molecule has 2 aliphatic heterocycles. The van der Waals surface area contributed by atoms with E-state index in [0.717, 1.165) is 25.9 Å². The summed E-state index contributed by atoms with van der Waals surface area (Å²) in [7, 11) is 0. The number of piperidine rings is 1. The third kappa shape index (κ3) is 3.27. The molecule has 0 unspecified atom stereocenters. The van der Waals surface area contributed by atoms with E-state index in [4.69, 9.17) is 9.47 Å². The highest BCUT2D eigenvalue weighted by Crippen LogP contribution is 2.33. The highest BCUT2D eigenvalue weighted by Gasteiger charge is 2.40. The maximum atomic E-state index is 13.8. The molecule has 0 bridgehead atoms. The Labute approximate surface area is 143 Å². The van der Waals surface area contributed by atoms with E-state index in [1.807, 2.05) is 0 Å². The highest BCUT2D eigenvalue weighted by molar-refractivity contribution is 5.60. The second-order valence-corrected chi connectivity index (χ2v) is 6.08. The Balaban J connectivity index is 1.48. The fourth-order valence-electron chi connectivity index (χ4n) is 3.20. The zero-order valence-electron chi connectivity index (χ0n) is 13.5. The lowest BCUT2D eigenvalue weighted by Crippen LogP contribution is -2.45. The van der Waals surface area contributed by atoms with E-state index in [2.05, 4.69) is 20.2 Å². The van der Waals surface area contributed by atoms with Gasteiger partial charge in [-0.05, 0) is 12.1 Å². The smallest absolute Gasteiger partial charge is 0.171 e. The molecule has 0 aliphatic carbocycles. The molecule has 1 aromatic carbocycles. The molecular formula is C17H18F2N4O2. The number of aromatic nitrogens is 2. The Morgan fingerprint density at radius 1 is 1.04 bits per heavy atom. The minimum atomic E-state index is -0.671. The number of para-hydroxylation sites is 1. The Bertz CT molecular complexity index is 738. The lowest BCUT2D eigenvalue weighted by atomic mass is 10.0. The number of nitrogens with zero attached hydrogens (tertiary/aromatic N) is 3. The number of anilines is 3. The molecule has 0 amide bonds. The maximum Gasteiger partial charge on any atom is 0.171 e. The molecule has 8 heteroatoms. The van der Waals surface area contributed by atoms with Gasteiger partial charge in [-0.3, -0.25) is 0 Å². The number of ether oxygens (including phenoxy) is 2. The molecule has 25 heavy (non-hydrogen) atoms. The van der Waals surface area contributed by atoms with Gasteiger partial charge < -0.3 is 19.7 Å². The van der Waals surface area contributed by atoms with E-state index in [1.165, 1.54) is 24.5 Å². The molecule has 0 radical (unpaired) electrons. The van der Waals surface area contributed by atoms with Crippen molar-refractivity contribution < 1.29 is 18.3 Å². The van der Waals surface area contributed by atoms with Gasteiger partial charge in [-0.1, -0.05) is 6.07 Å². The third-order valence-corrected chi connectivity index (χ3v) is 4.53. The SMILES string of the molecule is Fc1cccc(F)c1Nc1cc(N2CCC3(CC2)OCCO3)ncn1. The van der Waals surface area contributed by atoms with Crippen LogP contribution in [0.2, 0.25) is 0 Å². The summed E-state index contributed by atoms with van der Waals surface area (Å²) in [5.41, 5.74) is -0.225. The zero-order valence-corrected chi connectivity index (χ0v) is 13.5. The van der Waals surface area contributed by atoms with Gasteiger partial charge in [-0.15, -0.1) is 0 Å². The van der Waals surface area contributed by atoms with Crippen LogP contribution in [-0.4, -0.2) is 42.1 Å². The van der Waals surface area contributed by atoms with Crippen molar-refractivity contribution in [3.05, 3.63) is 42.2 Å². The predicted molar refractivity (Wildman–Crippen MR) is 87.8 cm³/mol. The molecule has 132 valence electrons. The van der Waals surface area contributed by atoms with Crippen molar-refractivity contribution in [2.24, 2.45) is 0 Å². The van der Waals surface area contributed by atoms with Gasteiger partial charge in [-0.25, -0.2) is 18.7 Å². The Hall–Kier alpha value is -2.32. The molecule has 2 saturated heterocycles. The fraction of sp³-hybridized carbons (Fsp3) is 0.412. The van der Waals surface area contributed by atoms with Crippen LogP contribution in [0, 0.1) is 11.6 Å². The number of benzene rings is 1. The molecule has 0 atom stereocenters. The van der Waals surface area contributed by atoms with Gasteiger partial charge in [0.15, 0.2) is 5.79 Å². The van der Waals surface area contributed by atoms with Crippen LogP contribution in [0.25, 0.3) is 0 Å². The van der Waals surface area contributed by atoms with Crippen molar-refractivity contribution in [1.29, 1.82) is 0 Å². The standard InChI is InChI=1S/C17H18F2N4O2/c18-12-2-1-3-13(19)16(12)22-14-10-15(21-11-20-14)23-6-4-17(5-7-23)24-8-9-25-17/h1-3,10-11H,4-9H2,(H,20,21,22). The average molecular weight is 348 g/mol. The largest absolute Gasteiger partial charge is 0.356 e. The van der Waals surface area contributed by atoms with E-state index in [9.17, 15) is 8.78 Å². The van der Waals surface area contributed by atoms with Crippen molar-refractivity contribution >= 4 is 17.3 Å². The van der Waals surface area contributed by atoms with Crippen LogP contribution < -0.4 is 10.2 Å². The monoisotopic (exact) mass is 348 g/mol. The maximum absolute atomic E-state index is 13.8. The van der Waals surface area contributed by atoms with Gasteiger partial charge in [0.2, 0.25) is 0 Å². The molecule has 2 aliphatic rings. The Morgan fingerprint density at radius 3 is 2.40 bits per heavy atom. The van der Waals surface area contributed by atoms with Crippen molar-refractivity contribution in [3.8, 4) is 0 Å². The van der Waals surface area contributed by atoms with Crippen molar-refractivity contribution in [2.75, 3.05) is 36.5 Å². The molecule has 6 nitrogen and oxygen atoms in total. The topological polar surface area (TPSA) is 59.5 Å². The molecule has 2 fully saturated rings. The molecule has 4 rings (SSSR count). The summed E-state index contributed by atoms with van der Waals surface area (Å²) in [6.07, 6.45) is 2.88. The summed E-state index contributed by atoms with van der Waals surface area (Å²) in [6.45, 7) is 2.72. The number of nitrogens with one attached hydrogen (secondary N) is 1. The summed E-state index contributed by atoms with van der Waals surface area (Å²) in [5.74, 6) is -0.767. The first-order valence-corrected chi connectivity index (χ1v) is 8.21. The van der Waals surface area contributed by atoms with Gasteiger partial charge in [0.1, 0.15) is 35.3 Å². The predicted octanol–water partition coefficient (Wildman–Crippen LogP) is 2.84. The molecule has 1 spiro atoms. The van der Waals surface area contributed by atoms with Crippen LogP contribution in [0.1, 0.15) is 12.8 Å². The zero-order chi connectivity index (χ0) is 17.3. The molecular weight excluding hydrogens is 330 g/mol. The van der Waals surface area contributed by atoms with Crippen LogP contribution in [0.4, 0.5) is 26.1 Å².